The molecular weight excluding hydrogens is 414 g/mol. The molecule has 1 aromatic heterocycles. The second kappa shape index (κ2) is 10.5. The van der Waals surface area contributed by atoms with Crippen LogP contribution in [-0.2, 0) is 13.0 Å². The molecular formula is C24H23NO5S. The van der Waals surface area contributed by atoms with Crippen molar-refractivity contribution in [2.45, 2.75) is 26.4 Å². The number of thiophene rings is 1. The lowest BCUT2D eigenvalue weighted by molar-refractivity contribution is -0.384. The number of benzene rings is 2. The van der Waals surface area contributed by atoms with Crippen molar-refractivity contribution < 1.29 is 19.2 Å². The van der Waals surface area contributed by atoms with E-state index in [1.807, 2.05) is 24.3 Å². The predicted molar refractivity (Wildman–Crippen MR) is 122 cm³/mol. The number of hydrogen-bond donors (Lipinski definition) is 0. The van der Waals surface area contributed by atoms with Gasteiger partial charge in [-0.25, -0.2) is 0 Å². The summed E-state index contributed by atoms with van der Waals surface area (Å²) < 4.78 is 11.1. The topological polar surface area (TPSA) is 78.7 Å². The van der Waals surface area contributed by atoms with Crippen molar-refractivity contribution in [1.82, 2.24) is 0 Å². The van der Waals surface area contributed by atoms with Crippen molar-refractivity contribution >= 4 is 28.9 Å². The molecule has 0 aliphatic heterocycles. The fourth-order valence-electron chi connectivity index (χ4n) is 3.01. The van der Waals surface area contributed by atoms with Gasteiger partial charge < -0.3 is 9.47 Å². The Morgan fingerprint density at radius 3 is 2.74 bits per heavy atom. The van der Waals surface area contributed by atoms with E-state index >= 15 is 0 Å². The maximum Gasteiger partial charge on any atom is 0.273 e. The molecule has 0 atom stereocenters. The van der Waals surface area contributed by atoms with Crippen LogP contribution in [0.2, 0.25) is 0 Å². The Labute approximate surface area is 184 Å². The third-order valence-corrected chi connectivity index (χ3v) is 5.71. The molecule has 3 aromatic rings. The van der Waals surface area contributed by atoms with E-state index in [9.17, 15) is 14.9 Å². The fourth-order valence-corrected chi connectivity index (χ4v) is 4.04. The van der Waals surface area contributed by atoms with E-state index < -0.39 is 4.92 Å². The van der Waals surface area contributed by atoms with Crippen molar-refractivity contribution in [2.24, 2.45) is 0 Å². The Hall–Kier alpha value is -3.45. The molecule has 0 saturated heterocycles. The number of ether oxygens (including phenoxy) is 2. The highest BCUT2D eigenvalue weighted by molar-refractivity contribution is 7.14. The van der Waals surface area contributed by atoms with E-state index in [4.69, 9.17) is 9.47 Å². The van der Waals surface area contributed by atoms with Crippen molar-refractivity contribution in [1.29, 1.82) is 0 Å². The summed E-state index contributed by atoms with van der Waals surface area (Å²) in [6, 6.07) is 15.4. The third kappa shape index (κ3) is 6.02. The molecule has 0 unspecified atom stereocenters. The first-order chi connectivity index (χ1) is 15.0. The van der Waals surface area contributed by atoms with Gasteiger partial charge >= 0.3 is 0 Å². The van der Waals surface area contributed by atoms with Gasteiger partial charge in [0, 0.05) is 16.5 Å². The van der Waals surface area contributed by atoms with Gasteiger partial charge in [-0.2, -0.15) is 0 Å². The first kappa shape index (κ1) is 22.2. The summed E-state index contributed by atoms with van der Waals surface area (Å²) in [5, 5.41) is 10.9. The molecule has 0 aliphatic carbocycles. The third-order valence-electron chi connectivity index (χ3n) is 4.56. The SMILES string of the molecule is CCCc1ccc(C(=O)/C=C/c2ccc(OC)c(COc3cccc([N+](=O)[O-])c3)c2)s1. The van der Waals surface area contributed by atoms with Crippen LogP contribution < -0.4 is 9.47 Å². The lowest BCUT2D eigenvalue weighted by Gasteiger charge is -2.11. The molecule has 0 fully saturated rings. The van der Waals surface area contributed by atoms with Crippen molar-refractivity contribution in [3.8, 4) is 11.5 Å². The first-order valence-electron chi connectivity index (χ1n) is 9.85. The largest absolute Gasteiger partial charge is 0.496 e. The monoisotopic (exact) mass is 437 g/mol. The van der Waals surface area contributed by atoms with E-state index in [1.165, 1.54) is 28.3 Å². The number of carbonyl (C=O) groups is 1. The number of non-ortho nitro benzene ring substituents is 1. The van der Waals surface area contributed by atoms with Gasteiger partial charge in [-0.05, 0) is 48.4 Å². The molecule has 6 nitrogen and oxygen atoms in total. The zero-order valence-corrected chi connectivity index (χ0v) is 18.2. The maximum absolute atomic E-state index is 12.5. The lowest BCUT2D eigenvalue weighted by Crippen LogP contribution is -2.00. The molecule has 0 spiro atoms. The Morgan fingerprint density at radius 2 is 2.00 bits per heavy atom. The zero-order chi connectivity index (χ0) is 22.2. The number of aryl methyl sites for hydroxylation is 1. The quantitative estimate of drug-likeness (QED) is 0.166. The number of hydrogen-bond acceptors (Lipinski definition) is 6. The van der Waals surface area contributed by atoms with Crippen LogP contribution in [0.4, 0.5) is 5.69 Å². The Bertz CT molecular complexity index is 1100. The minimum absolute atomic E-state index is 0.0300. The number of nitro benzene ring substituents is 1. The molecule has 3 rings (SSSR count). The molecule has 2 aromatic carbocycles. The highest BCUT2D eigenvalue weighted by Gasteiger charge is 2.10. The predicted octanol–water partition coefficient (Wildman–Crippen LogP) is 6.09. The number of methoxy groups -OCH3 is 1. The number of nitrogens with zero attached hydrogens (tertiary/aromatic N) is 1. The summed E-state index contributed by atoms with van der Waals surface area (Å²) in [5.41, 5.74) is 1.57. The van der Waals surface area contributed by atoms with Gasteiger partial charge in [0.1, 0.15) is 18.1 Å². The van der Waals surface area contributed by atoms with E-state index in [0.717, 1.165) is 28.8 Å². The smallest absolute Gasteiger partial charge is 0.273 e. The van der Waals surface area contributed by atoms with Gasteiger partial charge in [-0.1, -0.05) is 31.6 Å². The molecule has 0 bridgehead atoms. The number of carbonyl (C=O) groups excluding carboxylic acids is 1. The molecule has 0 radical (unpaired) electrons. The van der Waals surface area contributed by atoms with Crippen LogP contribution in [0.3, 0.4) is 0 Å². The number of ketones is 1. The van der Waals surface area contributed by atoms with Gasteiger partial charge in [0.2, 0.25) is 0 Å². The standard InChI is InChI=1S/C24H23NO5S/c1-3-5-21-10-13-24(31-21)22(26)11-8-17-9-12-23(29-2)18(14-17)16-30-20-7-4-6-19(15-20)25(27)28/h4,6-15H,3,5,16H2,1-2H3/b11-8+. The average molecular weight is 438 g/mol. The van der Waals surface area contributed by atoms with Crippen molar-refractivity contribution in [2.75, 3.05) is 7.11 Å². The fraction of sp³-hybridized carbons (Fsp3) is 0.208. The maximum atomic E-state index is 12.5. The summed E-state index contributed by atoms with van der Waals surface area (Å²) >= 11 is 1.53. The molecule has 0 amide bonds. The minimum Gasteiger partial charge on any atom is -0.496 e. The molecule has 31 heavy (non-hydrogen) atoms. The zero-order valence-electron chi connectivity index (χ0n) is 17.4. The van der Waals surface area contributed by atoms with Crippen LogP contribution in [0.15, 0.2) is 60.7 Å². The van der Waals surface area contributed by atoms with E-state index in [-0.39, 0.29) is 18.1 Å². The van der Waals surface area contributed by atoms with Crippen LogP contribution >= 0.6 is 11.3 Å². The summed E-state index contributed by atoms with van der Waals surface area (Å²) in [7, 11) is 1.57. The van der Waals surface area contributed by atoms with Gasteiger partial charge in [0.25, 0.3) is 5.69 Å². The van der Waals surface area contributed by atoms with Gasteiger partial charge in [-0.3, -0.25) is 14.9 Å². The van der Waals surface area contributed by atoms with Crippen molar-refractivity contribution in [3.63, 3.8) is 0 Å². The first-order valence-corrected chi connectivity index (χ1v) is 10.7. The highest BCUT2D eigenvalue weighted by atomic mass is 32.1. The normalized spacial score (nSPS) is 10.9. The lowest BCUT2D eigenvalue weighted by atomic mass is 10.1. The van der Waals surface area contributed by atoms with Crippen molar-refractivity contribution in [3.05, 3.63) is 91.7 Å². The van der Waals surface area contributed by atoms with E-state index in [2.05, 4.69) is 6.92 Å². The van der Waals surface area contributed by atoms with Crippen LogP contribution in [0.5, 0.6) is 11.5 Å². The number of rotatable bonds is 10. The molecule has 1 heterocycles. The molecule has 7 heteroatoms. The van der Waals surface area contributed by atoms with Crippen LogP contribution in [-0.4, -0.2) is 17.8 Å². The summed E-state index contributed by atoms with van der Waals surface area (Å²) in [6.07, 6.45) is 5.36. The van der Waals surface area contributed by atoms with E-state index in [0.29, 0.717) is 11.5 Å². The summed E-state index contributed by atoms with van der Waals surface area (Å²) in [4.78, 5) is 24.9. The average Bonchev–Trinajstić information content (AvgIpc) is 3.25. The Morgan fingerprint density at radius 1 is 1.16 bits per heavy atom. The summed E-state index contributed by atoms with van der Waals surface area (Å²) in [5.74, 6) is 1.00. The summed E-state index contributed by atoms with van der Waals surface area (Å²) in [6.45, 7) is 2.29. The second-order valence-electron chi connectivity index (χ2n) is 6.83. The molecule has 0 saturated carbocycles. The number of nitro groups is 1. The Balaban J connectivity index is 1.72. The molecule has 0 aliphatic rings. The van der Waals surface area contributed by atoms with Crippen LogP contribution in [0.1, 0.15) is 39.0 Å². The van der Waals surface area contributed by atoms with Crippen LogP contribution in [0.25, 0.3) is 6.08 Å². The highest BCUT2D eigenvalue weighted by Crippen LogP contribution is 2.25. The van der Waals surface area contributed by atoms with Gasteiger partial charge in [0.15, 0.2) is 5.78 Å². The Kier molecular flexibility index (Phi) is 7.56. The van der Waals surface area contributed by atoms with Crippen LogP contribution in [0, 0.1) is 10.1 Å². The van der Waals surface area contributed by atoms with Gasteiger partial charge in [-0.15, -0.1) is 11.3 Å². The van der Waals surface area contributed by atoms with Gasteiger partial charge in [0.05, 0.1) is 23.0 Å². The van der Waals surface area contributed by atoms with E-state index in [1.54, 1.807) is 37.5 Å². The number of allylic oxidation sites excluding steroid dienone is 1. The molecule has 160 valence electrons. The minimum atomic E-state index is -0.464. The molecule has 0 N–H and O–H groups in total. The second-order valence-corrected chi connectivity index (χ2v) is 8.00.